The van der Waals surface area contributed by atoms with Gasteiger partial charge in [0.15, 0.2) is 0 Å². The Hall–Kier alpha value is -3.48. The molecule has 0 radical (unpaired) electrons. The first-order valence-electron chi connectivity index (χ1n) is 14.3. The number of carbonyl (C=O) groups is 2. The lowest BCUT2D eigenvalue weighted by Crippen LogP contribution is -2.67. The lowest BCUT2D eigenvalue weighted by atomic mass is 9.87. The minimum absolute atomic E-state index is 0.0570. The molecule has 0 aromatic heterocycles. The molecule has 1 saturated heterocycles. The highest BCUT2D eigenvalue weighted by atomic mass is 28.4. The molecule has 5 nitrogen and oxygen atoms in total. The van der Waals surface area contributed by atoms with Gasteiger partial charge in [0.2, 0.25) is 0 Å². The van der Waals surface area contributed by atoms with E-state index in [0.29, 0.717) is 0 Å². The van der Waals surface area contributed by atoms with Crippen LogP contribution in [0.5, 0.6) is 0 Å². The molecule has 6 heteroatoms. The Morgan fingerprint density at radius 3 is 1.90 bits per heavy atom. The number of allylic oxidation sites excluding steroid dienone is 1. The summed E-state index contributed by atoms with van der Waals surface area (Å²) in [5.74, 6) is -0.0428. The average molecular weight is 554 g/mol. The Morgan fingerprint density at radius 2 is 1.38 bits per heavy atom. The van der Waals surface area contributed by atoms with Crippen LogP contribution in [0.2, 0.25) is 5.04 Å². The standard InChI is InChI=1S/C34H39NO4Si/c1-34(2,3)40(29-15-9-5-10-16-29,30-17-11-6-12-18-30)39-28-22-19-26(20-23-28)21-24-32(36)35-31(25-38-33(35)37)27-13-7-4-8-14-27/h4-18,21,24,26,28,31H,19-20,22-23,25H2,1-3H3. The van der Waals surface area contributed by atoms with Crippen molar-refractivity contribution in [1.29, 1.82) is 0 Å². The van der Waals surface area contributed by atoms with Crippen molar-refractivity contribution in [2.45, 2.75) is 63.6 Å². The summed E-state index contributed by atoms with van der Waals surface area (Å²) in [6.45, 7) is 7.12. The Bertz CT molecular complexity index is 1270. The van der Waals surface area contributed by atoms with Crippen molar-refractivity contribution < 1.29 is 18.8 Å². The second-order valence-corrected chi connectivity index (χ2v) is 16.1. The number of benzene rings is 3. The largest absolute Gasteiger partial charge is 0.446 e. The Morgan fingerprint density at radius 1 is 0.850 bits per heavy atom. The number of cyclic esters (lactones) is 1. The summed E-state index contributed by atoms with van der Waals surface area (Å²) in [6.07, 6.45) is 6.89. The van der Waals surface area contributed by atoms with Crippen molar-refractivity contribution in [3.63, 3.8) is 0 Å². The quantitative estimate of drug-likeness (QED) is 0.251. The molecule has 1 heterocycles. The number of hydrogen-bond acceptors (Lipinski definition) is 4. The minimum Gasteiger partial charge on any atom is -0.446 e. The number of nitrogens with zero attached hydrogens (tertiary/aromatic N) is 1. The molecule has 5 rings (SSSR count). The van der Waals surface area contributed by atoms with Gasteiger partial charge in [-0.3, -0.25) is 4.79 Å². The van der Waals surface area contributed by atoms with Crippen LogP contribution in [-0.2, 0) is 14.0 Å². The molecule has 208 valence electrons. The van der Waals surface area contributed by atoms with Gasteiger partial charge in [-0.05, 0) is 58.7 Å². The van der Waals surface area contributed by atoms with Gasteiger partial charge in [-0.15, -0.1) is 0 Å². The predicted molar refractivity (Wildman–Crippen MR) is 161 cm³/mol. The third-order valence-corrected chi connectivity index (χ3v) is 13.4. The zero-order valence-electron chi connectivity index (χ0n) is 23.7. The summed E-state index contributed by atoms with van der Waals surface area (Å²) in [6, 6.07) is 30.7. The molecule has 2 aliphatic rings. The maximum absolute atomic E-state index is 13.1. The fourth-order valence-electron chi connectivity index (χ4n) is 6.22. The fourth-order valence-corrected chi connectivity index (χ4v) is 11.0. The van der Waals surface area contributed by atoms with Gasteiger partial charge in [0.05, 0.1) is 0 Å². The van der Waals surface area contributed by atoms with Crippen LogP contribution in [0.3, 0.4) is 0 Å². The lowest BCUT2D eigenvalue weighted by molar-refractivity contribution is -0.124. The van der Waals surface area contributed by atoms with Gasteiger partial charge in [-0.1, -0.05) is 118 Å². The van der Waals surface area contributed by atoms with E-state index < -0.39 is 14.4 Å². The number of ether oxygens (including phenoxy) is 1. The SMILES string of the molecule is CC(C)(C)[Si](OC1CCC(C=CC(=O)N2C(=O)OCC2c2ccccc2)CC1)(c1ccccc1)c1ccccc1. The molecule has 2 fully saturated rings. The highest BCUT2D eigenvalue weighted by molar-refractivity contribution is 6.99. The smallest absolute Gasteiger partial charge is 0.417 e. The maximum Gasteiger partial charge on any atom is 0.417 e. The van der Waals surface area contributed by atoms with Crippen molar-refractivity contribution in [2.75, 3.05) is 6.61 Å². The van der Waals surface area contributed by atoms with Gasteiger partial charge in [-0.2, -0.15) is 0 Å². The van der Waals surface area contributed by atoms with E-state index >= 15 is 0 Å². The minimum atomic E-state index is -2.59. The van der Waals surface area contributed by atoms with Crippen LogP contribution in [-0.4, -0.2) is 37.9 Å². The van der Waals surface area contributed by atoms with Crippen LogP contribution in [0, 0.1) is 5.92 Å². The van der Waals surface area contributed by atoms with E-state index in [0.717, 1.165) is 31.2 Å². The van der Waals surface area contributed by atoms with E-state index in [1.165, 1.54) is 15.3 Å². The molecule has 0 bridgehead atoms. The summed E-state index contributed by atoms with van der Waals surface area (Å²) in [7, 11) is -2.59. The van der Waals surface area contributed by atoms with Crippen LogP contribution >= 0.6 is 0 Å². The zero-order valence-corrected chi connectivity index (χ0v) is 24.7. The summed E-state index contributed by atoms with van der Waals surface area (Å²) < 4.78 is 12.6. The van der Waals surface area contributed by atoms with Crippen molar-refractivity contribution in [3.05, 3.63) is 109 Å². The van der Waals surface area contributed by atoms with E-state index in [9.17, 15) is 9.59 Å². The molecule has 3 aromatic carbocycles. The van der Waals surface area contributed by atoms with E-state index in [1.54, 1.807) is 6.08 Å². The zero-order chi connectivity index (χ0) is 28.2. The molecule has 1 aliphatic carbocycles. The number of rotatable bonds is 7. The molecule has 40 heavy (non-hydrogen) atoms. The fraction of sp³-hybridized carbons (Fsp3) is 0.353. The summed E-state index contributed by atoms with van der Waals surface area (Å²) in [5, 5.41) is 2.54. The summed E-state index contributed by atoms with van der Waals surface area (Å²) in [5.41, 5.74) is 0.899. The van der Waals surface area contributed by atoms with E-state index in [2.05, 4.69) is 81.4 Å². The monoisotopic (exact) mass is 553 g/mol. The predicted octanol–water partition coefficient (Wildman–Crippen LogP) is 6.40. The molecular formula is C34H39NO4Si. The molecule has 3 aromatic rings. The van der Waals surface area contributed by atoms with Gasteiger partial charge in [0.25, 0.3) is 14.2 Å². The molecule has 0 spiro atoms. The molecule has 1 atom stereocenters. The highest BCUT2D eigenvalue weighted by Crippen LogP contribution is 2.40. The highest BCUT2D eigenvalue weighted by Gasteiger charge is 2.51. The van der Waals surface area contributed by atoms with Crippen LogP contribution < -0.4 is 10.4 Å². The summed E-state index contributed by atoms with van der Waals surface area (Å²) in [4.78, 5) is 26.7. The third kappa shape index (κ3) is 5.69. The first-order valence-corrected chi connectivity index (χ1v) is 16.2. The van der Waals surface area contributed by atoms with Crippen molar-refractivity contribution >= 4 is 30.7 Å². The van der Waals surface area contributed by atoms with Gasteiger partial charge in [0.1, 0.15) is 12.6 Å². The number of imide groups is 1. The molecular weight excluding hydrogens is 514 g/mol. The van der Waals surface area contributed by atoms with E-state index in [-0.39, 0.29) is 35.6 Å². The van der Waals surface area contributed by atoms with Crippen molar-refractivity contribution in [2.24, 2.45) is 5.92 Å². The molecule has 1 saturated carbocycles. The summed E-state index contributed by atoms with van der Waals surface area (Å²) >= 11 is 0. The van der Waals surface area contributed by atoms with Gasteiger partial charge in [0, 0.05) is 6.10 Å². The first kappa shape index (κ1) is 28.1. The van der Waals surface area contributed by atoms with Gasteiger partial charge < -0.3 is 9.16 Å². The van der Waals surface area contributed by atoms with Crippen LogP contribution in [0.15, 0.2) is 103 Å². The van der Waals surface area contributed by atoms with E-state index in [4.69, 9.17) is 9.16 Å². The lowest BCUT2D eigenvalue weighted by Gasteiger charge is -2.46. The Labute approximate surface area is 238 Å². The van der Waals surface area contributed by atoms with E-state index in [1.807, 2.05) is 36.4 Å². The van der Waals surface area contributed by atoms with Gasteiger partial charge >= 0.3 is 6.09 Å². The average Bonchev–Trinajstić information content (AvgIpc) is 3.37. The topological polar surface area (TPSA) is 55.8 Å². The maximum atomic E-state index is 13.1. The third-order valence-electron chi connectivity index (χ3n) is 8.28. The molecule has 1 unspecified atom stereocenters. The van der Waals surface area contributed by atoms with Crippen LogP contribution in [0.1, 0.15) is 58.1 Å². The molecule has 2 amide bonds. The van der Waals surface area contributed by atoms with Crippen LogP contribution in [0.4, 0.5) is 4.79 Å². The Balaban J connectivity index is 1.28. The molecule has 1 aliphatic heterocycles. The van der Waals surface area contributed by atoms with Crippen molar-refractivity contribution in [1.82, 2.24) is 4.90 Å². The first-order chi connectivity index (χ1) is 19.3. The van der Waals surface area contributed by atoms with Crippen molar-refractivity contribution in [3.8, 4) is 0 Å². The van der Waals surface area contributed by atoms with Gasteiger partial charge in [-0.25, -0.2) is 9.69 Å². The second kappa shape index (κ2) is 11.9. The number of carbonyl (C=O) groups excluding carboxylic acids is 2. The number of hydrogen-bond donors (Lipinski definition) is 0. The normalized spacial score (nSPS) is 21.9. The van der Waals surface area contributed by atoms with Crippen LogP contribution in [0.25, 0.3) is 0 Å². The second-order valence-electron chi connectivity index (χ2n) is 11.9. The molecule has 0 N–H and O–H groups in total. The number of amides is 2. The Kier molecular flexibility index (Phi) is 8.38.